The van der Waals surface area contributed by atoms with Gasteiger partial charge in [-0.05, 0) is 42.9 Å². The van der Waals surface area contributed by atoms with Gasteiger partial charge in [-0.3, -0.25) is 0 Å². The Morgan fingerprint density at radius 1 is 1.32 bits per heavy atom. The zero-order valence-corrected chi connectivity index (χ0v) is 13.6. The smallest absolute Gasteiger partial charge is 0.407 e. The van der Waals surface area contributed by atoms with Gasteiger partial charge < -0.3 is 24.6 Å². The van der Waals surface area contributed by atoms with Crippen LogP contribution in [0.1, 0.15) is 30.7 Å². The molecule has 1 saturated carbocycles. The lowest BCUT2D eigenvalue weighted by Gasteiger charge is -2.18. The van der Waals surface area contributed by atoms with E-state index in [1.807, 2.05) is 0 Å². The number of hydrogen-bond donors (Lipinski definition) is 2. The molecule has 2 atom stereocenters. The van der Waals surface area contributed by atoms with E-state index in [1.165, 1.54) is 11.0 Å². The first-order valence-corrected chi connectivity index (χ1v) is 8.30. The van der Waals surface area contributed by atoms with Gasteiger partial charge in [0.2, 0.25) is 0 Å². The first kappa shape index (κ1) is 17.7. The SMILES string of the molecule is O=C(O)N1CC(c2ccc(OC(F)F)c(OCC3CC3)c2)C[C@H]1CO. The van der Waals surface area contributed by atoms with Crippen molar-refractivity contribution in [3.63, 3.8) is 0 Å². The molecule has 1 heterocycles. The number of amides is 1. The van der Waals surface area contributed by atoms with E-state index in [2.05, 4.69) is 4.74 Å². The number of carbonyl (C=O) groups is 1. The van der Waals surface area contributed by atoms with Crippen molar-refractivity contribution >= 4 is 6.09 Å². The third-order valence-electron chi connectivity index (χ3n) is 4.70. The number of rotatable bonds is 7. The van der Waals surface area contributed by atoms with Crippen molar-refractivity contribution < 1.29 is 33.3 Å². The Morgan fingerprint density at radius 3 is 2.64 bits per heavy atom. The highest BCUT2D eigenvalue weighted by Crippen LogP contribution is 2.38. The Bertz CT molecular complexity index is 623. The molecule has 138 valence electrons. The molecular formula is C17H21F2NO5. The van der Waals surface area contributed by atoms with Gasteiger partial charge in [0.1, 0.15) is 0 Å². The molecule has 0 radical (unpaired) electrons. The first-order chi connectivity index (χ1) is 12.0. The molecule has 0 spiro atoms. The average molecular weight is 357 g/mol. The van der Waals surface area contributed by atoms with Crippen LogP contribution in [0.4, 0.5) is 13.6 Å². The molecule has 1 amide bonds. The number of aliphatic hydroxyl groups excluding tert-OH is 1. The van der Waals surface area contributed by atoms with Gasteiger partial charge in [0.15, 0.2) is 11.5 Å². The maximum absolute atomic E-state index is 12.6. The van der Waals surface area contributed by atoms with E-state index >= 15 is 0 Å². The van der Waals surface area contributed by atoms with Gasteiger partial charge in [-0.1, -0.05) is 6.07 Å². The Hall–Kier alpha value is -2.09. The molecular weight excluding hydrogens is 336 g/mol. The van der Waals surface area contributed by atoms with Gasteiger partial charge in [0, 0.05) is 12.5 Å². The van der Waals surface area contributed by atoms with Crippen LogP contribution < -0.4 is 9.47 Å². The second-order valence-electron chi connectivity index (χ2n) is 6.54. The summed E-state index contributed by atoms with van der Waals surface area (Å²) in [6.07, 6.45) is 1.53. The number of halogens is 2. The van der Waals surface area contributed by atoms with Crippen molar-refractivity contribution in [2.75, 3.05) is 19.8 Å². The van der Waals surface area contributed by atoms with Gasteiger partial charge in [0.05, 0.1) is 19.3 Å². The normalized spacial score (nSPS) is 23.1. The molecule has 1 aromatic carbocycles. The summed E-state index contributed by atoms with van der Waals surface area (Å²) in [6, 6.07) is 4.26. The maximum Gasteiger partial charge on any atom is 0.407 e. The molecule has 1 aromatic rings. The largest absolute Gasteiger partial charge is 0.489 e. The third kappa shape index (κ3) is 4.31. The van der Waals surface area contributed by atoms with Crippen molar-refractivity contribution in [2.45, 2.75) is 37.8 Å². The number of ether oxygens (including phenoxy) is 2. The summed E-state index contributed by atoms with van der Waals surface area (Å²) in [5.74, 6) is 0.554. The third-order valence-corrected chi connectivity index (χ3v) is 4.70. The van der Waals surface area contributed by atoms with Crippen LogP contribution in [0.5, 0.6) is 11.5 Å². The van der Waals surface area contributed by atoms with Crippen LogP contribution in [0.15, 0.2) is 18.2 Å². The fourth-order valence-electron chi connectivity index (χ4n) is 3.14. The van der Waals surface area contributed by atoms with Crippen LogP contribution in [-0.2, 0) is 0 Å². The van der Waals surface area contributed by atoms with Crippen LogP contribution in [0, 0.1) is 5.92 Å². The van der Waals surface area contributed by atoms with Crippen molar-refractivity contribution in [1.82, 2.24) is 4.90 Å². The summed E-state index contributed by atoms with van der Waals surface area (Å²) in [5, 5.41) is 18.6. The molecule has 2 aliphatic rings. The molecule has 2 fully saturated rings. The number of aliphatic hydroxyl groups is 1. The van der Waals surface area contributed by atoms with Gasteiger partial charge in [0.25, 0.3) is 0 Å². The van der Waals surface area contributed by atoms with Crippen molar-refractivity contribution in [2.24, 2.45) is 5.92 Å². The number of carboxylic acid groups (broad SMARTS) is 1. The lowest BCUT2D eigenvalue weighted by Crippen LogP contribution is -2.36. The summed E-state index contributed by atoms with van der Waals surface area (Å²) in [6.45, 7) is -2.49. The fraction of sp³-hybridized carbons (Fsp3) is 0.588. The topological polar surface area (TPSA) is 79.2 Å². The maximum atomic E-state index is 12.6. The Morgan fingerprint density at radius 2 is 2.08 bits per heavy atom. The molecule has 0 aromatic heterocycles. The Labute approximate surface area is 144 Å². The molecule has 25 heavy (non-hydrogen) atoms. The summed E-state index contributed by atoms with van der Waals surface area (Å²) >= 11 is 0. The number of hydrogen-bond acceptors (Lipinski definition) is 4. The number of alkyl halides is 2. The molecule has 3 rings (SSSR count). The molecule has 8 heteroatoms. The molecule has 1 aliphatic carbocycles. The zero-order chi connectivity index (χ0) is 18.0. The quantitative estimate of drug-likeness (QED) is 0.784. The summed E-state index contributed by atoms with van der Waals surface area (Å²) in [7, 11) is 0. The summed E-state index contributed by atoms with van der Waals surface area (Å²) in [4.78, 5) is 12.5. The average Bonchev–Trinajstić information content (AvgIpc) is 3.29. The van der Waals surface area contributed by atoms with E-state index in [0.717, 1.165) is 18.4 Å². The zero-order valence-electron chi connectivity index (χ0n) is 13.6. The molecule has 1 aliphatic heterocycles. The second-order valence-corrected chi connectivity index (χ2v) is 6.54. The van der Waals surface area contributed by atoms with Crippen molar-refractivity contribution in [3.8, 4) is 11.5 Å². The second kappa shape index (κ2) is 7.43. The highest BCUT2D eigenvalue weighted by molar-refractivity contribution is 5.66. The number of benzene rings is 1. The predicted molar refractivity (Wildman–Crippen MR) is 84.3 cm³/mol. The monoisotopic (exact) mass is 357 g/mol. The Kier molecular flexibility index (Phi) is 5.27. The first-order valence-electron chi connectivity index (χ1n) is 8.30. The molecule has 1 unspecified atom stereocenters. The minimum absolute atomic E-state index is 0.0220. The van der Waals surface area contributed by atoms with E-state index in [1.54, 1.807) is 12.1 Å². The highest BCUT2D eigenvalue weighted by Gasteiger charge is 2.36. The van der Waals surface area contributed by atoms with Crippen LogP contribution in [0.3, 0.4) is 0 Å². The standard InChI is InChI=1S/C17H21F2NO5/c18-16(19)25-14-4-3-11(6-15(14)24-9-10-1-2-10)12-5-13(8-21)20(7-12)17(22)23/h3-4,6,10,12-13,16,21H,1-2,5,7-9H2,(H,22,23)/t12?,13-/m0/s1. The van der Waals surface area contributed by atoms with E-state index in [-0.39, 0.29) is 30.6 Å². The number of likely N-dealkylation sites (tertiary alicyclic amines) is 1. The minimum atomic E-state index is -2.94. The van der Waals surface area contributed by atoms with Gasteiger partial charge in [-0.2, -0.15) is 8.78 Å². The molecule has 6 nitrogen and oxygen atoms in total. The van der Waals surface area contributed by atoms with Gasteiger partial charge in [-0.15, -0.1) is 0 Å². The van der Waals surface area contributed by atoms with E-state index < -0.39 is 18.7 Å². The van der Waals surface area contributed by atoms with E-state index in [4.69, 9.17) is 4.74 Å². The molecule has 2 N–H and O–H groups in total. The lowest BCUT2D eigenvalue weighted by molar-refractivity contribution is -0.0515. The van der Waals surface area contributed by atoms with Gasteiger partial charge in [-0.25, -0.2) is 4.79 Å². The van der Waals surface area contributed by atoms with Crippen molar-refractivity contribution in [3.05, 3.63) is 23.8 Å². The fourth-order valence-corrected chi connectivity index (χ4v) is 3.14. The minimum Gasteiger partial charge on any atom is -0.489 e. The van der Waals surface area contributed by atoms with Gasteiger partial charge >= 0.3 is 12.7 Å². The van der Waals surface area contributed by atoms with E-state index in [9.17, 15) is 23.8 Å². The van der Waals surface area contributed by atoms with Crippen LogP contribution in [-0.4, -0.2) is 53.6 Å². The van der Waals surface area contributed by atoms with Crippen LogP contribution in [0.25, 0.3) is 0 Å². The summed E-state index contributed by atoms with van der Waals surface area (Å²) < 4.78 is 35.3. The van der Waals surface area contributed by atoms with Crippen LogP contribution in [0.2, 0.25) is 0 Å². The van der Waals surface area contributed by atoms with E-state index in [0.29, 0.717) is 18.9 Å². The lowest BCUT2D eigenvalue weighted by atomic mass is 9.96. The molecule has 1 saturated heterocycles. The summed E-state index contributed by atoms with van der Waals surface area (Å²) in [5.41, 5.74) is 0.787. The van der Waals surface area contributed by atoms with Crippen LogP contribution >= 0.6 is 0 Å². The predicted octanol–water partition coefficient (Wildman–Crippen LogP) is 2.91. The van der Waals surface area contributed by atoms with Crippen molar-refractivity contribution in [1.29, 1.82) is 0 Å². The Balaban J connectivity index is 1.78. The molecule has 0 bridgehead atoms. The highest BCUT2D eigenvalue weighted by atomic mass is 19.3. The number of nitrogens with zero attached hydrogens (tertiary/aromatic N) is 1.